The van der Waals surface area contributed by atoms with Gasteiger partial charge >= 0.3 is 12.0 Å². The maximum atomic E-state index is 13.0. The van der Waals surface area contributed by atoms with Gasteiger partial charge in [0, 0.05) is 13.1 Å². The van der Waals surface area contributed by atoms with Crippen molar-refractivity contribution < 1.29 is 19.1 Å². The number of nitrogens with one attached hydrogen (secondary N) is 1. The van der Waals surface area contributed by atoms with Crippen molar-refractivity contribution in [1.82, 2.24) is 15.1 Å². The molecule has 3 fully saturated rings. The van der Waals surface area contributed by atoms with E-state index >= 15 is 0 Å². The monoisotopic (exact) mass is 351 g/mol. The average Bonchev–Trinajstić information content (AvgIpc) is 2.83. The first-order valence-electron chi connectivity index (χ1n) is 9.51. The molecule has 0 radical (unpaired) electrons. The Hall–Kier alpha value is -1.63. The quantitative estimate of drug-likeness (QED) is 0.616. The lowest BCUT2D eigenvalue weighted by molar-refractivity contribution is -0.150. The van der Waals surface area contributed by atoms with Gasteiger partial charge < -0.3 is 10.1 Å². The smallest absolute Gasteiger partial charge is 0.326 e. The number of hydrogen-bond acceptors (Lipinski definition) is 5. The Morgan fingerprint density at radius 1 is 1.24 bits per heavy atom. The maximum Gasteiger partial charge on any atom is 0.326 e. The van der Waals surface area contributed by atoms with Crippen LogP contribution in [0.5, 0.6) is 0 Å². The first-order chi connectivity index (χ1) is 12.0. The highest BCUT2D eigenvalue weighted by molar-refractivity contribution is 6.07. The van der Waals surface area contributed by atoms with Gasteiger partial charge in [-0.25, -0.2) is 9.69 Å². The van der Waals surface area contributed by atoms with Crippen LogP contribution in [-0.4, -0.2) is 59.6 Å². The highest BCUT2D eigenvalue weighted by atomic mass is 16.5. The fraction of sp³-hybridized carbons (Fsp3) is 0.833. The lowest BCUT2D eigenvalue weighted by atomic mass is 9.73. The fourth-order valence-corrected chi connectivity index (χ4v) is 4.39. The van der Waals surface area contributed by atoms with Crippen LogP contribution in [0, 0.1) is 11.8 Å². The molecule has 0 aromatic rings. The van der Waals surface area contributed by atoms with E-state index in [-0.39, 0.29) is 29.7 Å². The number of hydrogen-bond donors (Lipinski definition) is 1. The van der Waals surface area contributed by atoms with Crippen molar-refractivity contribution in [1.29, 1.82) is 0 Å². The molecular formula is C18H29N3O4. The highest BCUT2D eigenvalue weighted by Crippen LogP contribution is 2.38. The van der Waals surface area contributed by atoms with Gasteiger partial charge in [-0.1, -0.05) is 19.8 Å². The summed E-state index contributed by atoms with van der Waals surface area (Å²) >= 11 is 0. The third-order valence-corrected chi connectivity index (χ3v) is 6.05. The Morgan fingerprint density at radius 3 is 2.60 bits per heavy atom. The molecule has 0 unspecified atom stereocenters. The van der Waals surface area contributed by atoms with Crippen molar-refractivity contribution in [3.63, 3.8) is 0 Å². The van der Waals surface area contributed by atoms with Crippen molar-refractivity contribution >= 4 is 17.9 Å². The van der Waals surface area contributed by atoms with Crippen LogP contribution < -0.4 is 5.32 Å². The first kappa shape index (κ1) is 18.2. The molecule has 1 spiro atoms. The van der Waals surface area contributed by atoms with E-state index in [9.17, 15) is 14.4 Å². The molecule has 3 rings (SSSR count). The number of carbonyl (C=O) groups is 3. The summed E-state index contributed by atoms with van der Waals surface area (Å²) in [6.45, 7) is 5.99. The molecule has 2 saturated heterocycles. The molecule has 7 heteroatoms. The first-order valence-corrected chi connectivity index (χ1v) is 9.51. The van der Waals surface area contributed by atoms with Gasteiger partial charge in [-0.2, -0.15) is 0 Å². The zero-order valence-electron chi connectivity index (χ0n) is 15.3. The number of urea groups is 1. The average molecular weight is 351 g/mol. The van der Waals surface area contributed by atoms with Crippen molar-refractivity contribution in [3.8, 4) is 0 Å². The van der Waals surface area contributed by atoms with E-state index in [1.807, 2.05) is 6.92 Å². The second-order valence-corrected chi connectivity index (χ2v) is 7.57. The van der Waals surface area contributed by atoms with Crippen molar-refractivity contribution in [2.24, 2.45) is 11.8 Å². The number of likely N-dealkylation sites (tertiary alicyclic amines) is 1. The van der Waals surface area contributed by atoms with Gasteiger partial charge in [0.2, 0.25) is 0 Å². The minimum absolute atomic E-state index is 0.0657. The molecule has 1 saturated carbocycles. The van der Waals surface area contributed by atoms with Crippen LogP contribution in [-0.2, 0) is 14.3 Å². The predicted molar refractivity (Wildman–Crippen MR) is 91.5 cm³/mol. The molecule has 140 valence electrons. The molecule has 0 aromatic heterocycles. The van der Waals surface area contributed by atoms with E-state index < -0.39 is 5.54 Å². The van der Waals surface area contributed by atoms with Gasteiger partial charge in [0.05, 0.1) is 19.2 Å². The van der Waals surface area contributed by atoms with Gasteiger partial charge in [-0.05, 0) is 38.5 Å². The van der Waals surface area contributed by atoms with Crippen molar-refractivity contribution in [2.75, 3.05) is 26.4 Å². The molecule has 0 bridgehead atoms. The number of ether oxygens (including phenoxy) is 1. The summed E-state index contributed by atoms with van der Waals surface area (Å²) in [7, 11) is 0. The summed E-state index contributed by atoms with van der Waals surface area (Å²) in [6, 6.07) is -0.272. The molecule has 1 N–H and O–H groups in total. The van der Waals surface area contributed by atoms with Gasteiger partial charge in [-0.3, -0.25) is 14.5 Å². The van der Waals surface area contributed by atoms with Crippen LogP contribution in [0.1, 0.15) is 52.4 Å². The minimum Gasteiger partial charge on any atom is -0.466 e. The maximum absolute atomic E-state index is 13.0. The molecular weight excluding hydrogens is 322 g/mol. The third kappa shape index (κ3) is 3.38. The molecule has 2 atom stereocenters. The number of rotatable bonds is 4. The molecule has 0 aromatic carbocycles. The standard InChI is InChI=1S/C18H29N3O4/c1-3-25-15(22)14-7-10-20(11-8-14)12-21-16(23)18(19-17(21)24)9-5-4-6-13(18)2/h13-14H,3-12H2,1-2H3,(H,19,24)/t13-,18+/m1/s1. The second kappa shape index (κ2) is 7.32. The molecule has 2 aliphatic heterocycles. The molecule has 7 nitrogen and oxygen atoms in total. The van der Waals surface area contributed by atoms with Gasteiger partial charge in [0.25, 0.3) is 5.91 Å². The topological polar surface area (TPSA) is 79.0 Å². The summed E-state index contributed by atoms with van der Waals surface area (Å²) in [4.78, 5) is 40.7. The van der Waals surface area contributed by atoms with Crippen molar-refractivity contribution in [3.05, 3.63) is 0 Å². The number of carbonyl (C=O) groups excluding carboxylic acids is 3. The normalized spacial score (nSPS) is 31.4. The van der Waals surface area contributed by atoms with Crippen LogP contribution in [0.15, 0.2) is 0 Å². The van der Waals surface area contributed by atoms with Gasteiger partial charge in [-0.15, -0.1) is 0 Å². The summed E-state index contributed by atoms with van der Waals surface area (Å²) in [5.41, 5.74) is -0.696. The predicted octanol–water partition coefficient (Wildman–Crippen LogP) is 1.72. The number of nitrogens with zero attached hydrogens (tertiary/aromatic N) is 2. The lowest BCUT2D eigenvalue weighted by Crippen LogP contribution is -2.54. The summed E-state index contributed by atoms with van der Waals surface area (Å²) in [5, 5.41) is 2.99. The lowest BCUT2D eigenvalue weighted by Gasteiger charge is -2.37. The second-order valence-electron chi connectivity index (χ2n) is 7.57. The molecule has 2 heterocycles. The Bertz CT molecular complexity index is 544. The van der Waals surface area contributed by atoms with Crippen LogP contribution in [0.4, 0.5) is 4.79 Å². The summed E-state index contributed by atoms with van der Waals surface area (Å²) in [5.74, 6) is -0.0920. The van der Waals surface area contributed by atoms with Crippen LogP contribution >= 0.6 is 0 Å². The summed E-state index contributed by atoms with van der Waals surface area (Å²) in [6.07, 6.45) is 5.24. The molecule has 25 heavy (non-hydrogen) atoms. The molecule has 1 aliphatic carbocycles. The number of esters is 1. The van der Waals surface area contributed by atoms with E-state index in [1.54, 1.807) is 0 Å². The Balaban J connectivity index is 1.58. The molecule has 3 amide bonds. The summed E-state index contributed by atoms with van der Waals surface area (Å²) < 4.78 is 5.09. The highest BCUT2D eigenvalue weighted by Gasteiger charge is 2.55. The Morgan fingerprint density at radius 2 is 1.96 bits per heavy atom. The van der Waals surface area contributed by atoms with E-state index in [2.05, 4.69) is 17.1 Å². The fourth-order valence-electron chi connectivity index (χ4n) is 4.39. The van der Waals surface area contributed by atoms with Crippen LogP contribution in [0.25, 0.3) is 0 Å². The number of imide groups is 1. The van der Waals surface area contributed by atoms with Gasteiger partial charge in [0.15, 0.2) is 0 Å². The van der Waals surface area contributed by atoms with Gasteiger partial charge in [0.1, 0.15) is 5.54 Å². The minimum atomic E-state index is -0.696. The van der Waals surface area contributed by atoms with Crippen molar-refractivity contribution in [2.45, 2.75) is 57.9 Å². The Kier molecular flexibility index (Phi) is 5.32. The number of piperidine rings is 1. The third-order valence-electron chi connectivity index (χ3n) is 6.05. The van der Waals surface area contributed by atoms with E-state index in [0.29, 0.717) is 39.2 Å². The van der Waals surface area contributed by atoms with E-state index in [4.69, 9.17) is 4.74 Å². The largest absolute Gasteiger partial charge is 0.466 e. The zero-order valence-corrected chi connectivity index (χ0v) is 15.3. The number of amides is 3. The van der Waals surface area contributed by atoms with Crippen LogP contribution in [0.2, 0.25) is 0 Å². The van der Waals surface area contributed by atoms with Crippen LogP contribution in [0.3, 0.4) is 0 Å². The van der Waals surface area contributed by atoms with E-state index in [1.165, 1.54) is 4.90 Å². The molecule has 3 aliphatic rings. The Labute approximate surface area is 149 Å². The zero-order chi connectivity index (χ0) is 18.0. The van der Waals surface area contributed by atoms with E-state index in [0.717, 1.165) is 25.7 Å². The SMILES string of the molecule is CCOC(=O)C1CCN(CN2C(=O)N[C@]3(CCCC[C@H]3C)C2=O)CC1.